The normalized spacial score (nSPS) is 11.2. The van der Waals surface area contributed by atoms with Gasteiger partial charge in [-0.2, -0.15) is 0 Å². The quantitative estimate of drug-likeness (QED) is 0.412. The number of hydrogen-bond donors (Lipinski definition) is 2. The number of para-hydroxylation sites is 1. The molecule has 3 aromatic heterocycles. The van der Waals surface area contributed by atoms with E-state index in [2.05, 4.69) is 15.0 Å². The number of hydrogen-bond acceptors (Lipinski definition) is 5. The van der Waals surface area contributed by atoms with Gasteiger partial charge in [-0.15, -0.1) is 11.3 Å². The molecular formula is C23H17N3O3S. The average molecular weight is 415 g/mol. The molecule has 0 aliphatic rings. The van der Waals surface area contributed by atoms with E-state index in [-0.39, 0.29) is 17.8 Å². The Bertz CT molecular complexity index is 1440. The standard InChI is InChI=1S/C23H17N3O3S/c1-29-14-8-6-13(7-9-14)17-12-30-23-21(17)22(28)25-20(26-23)10-19(27)16-11-24-18-5-3-2-4-15(16)18/h2-9,11-12,24H,10H2,1H3,(H,25,26,28). The molecule has 0 fully saturated rings. The number of aromatic nitrogens is 3. The van der Waals surface area contributed by atoms with Gasteiger partial charge in [0.15, 0.2) is 5.78 Å². The third-order valence-corrected chi connectivity index (χ3v) is 5.98. The number of fused-ring (bicyclic) bond motifs is 2. The van der Waals surface area contributed by atoms with Crippen LogP contribution in [0.2, 0.25) is 0 Å². The van der Waals surface area contributed by atoms with Crippen molar-refractivity contribution < 1.29 is 9.53 Å². The second kappa shape index (κ2) is 7.27. The topological polar surface area (TPSA) is 87.8 Å². The van der Waals surface area contributed by atoms with Crippen molar-refractivity contribution in [2.75, 3.05) is 7.11 Å². The molecular weight excluding hydrogens is 398 g/mol. The molecule has 0 bridgehead atoms. The van der Waals surface area contributed by atoms with E-state index >= 15 is 0 Å². The number of ketones is 1. The number of benzene rings is 2. The summed E-state index contributed by atoms with van der Waals surface area (Å²) >= 11 is 1.39. The Morgan fingerprint density at radius 1 is 1.13 bits per heavy atom. The second-order valence-corrected chi connectivity index (χ2v) is 7.78. The minimum absolute atomic E-state index is 0.0306. The molecule has 6 nitrogen and oxygen atoms in total. The fourth-order valence-electron chi connectivity index (χ4n) is 3.61. The number of thiophene rings is 1. The van der Waals surface area contributed by atoms with Crippen LogP contribution in [0, 0.1) is 0 Å². The summed E-state index contributed by atoms with van der Waals surface area (Å²) in [7, 11) is 1.61. The van der Waals surface area contributed by atoms with Gasteiger partial charge in [0.05, 0.1) is 18.9 Å². The summed E-state index contributed by atoms with van der Waals surface area (Å²) in [6, 6.07) is 15.2. The van der Waals surface area contributed by atoms with Crippen LogP contribution in [-0.4, -0.2) is 27.8 Å². The van der Waals surface area contributed by atoms with Gasteiger partial charge < -0.3 is 14.7 Å². The van der Waals surface area contributed by atoms with Gasteiger partial charge in [0.1, 0.15) is 16.4 Å². The Kier molecular flexibility index (Phi) is 4.44. The number of carbonyl (C=O) groups is 1. The van der Waals surface area contributed by atoms with Gasteiger partial charge >= 0.3 is 0 Å². The van der Waals surface area contributed by atoms with Crippen LogP contribution in [0.5, 0.6) is 5.75 Å². The van der Waals surface area contributed by atoms with E-state index in [4.69, 9.17) is 4.74 Å². The Balaban J connectivity index is 1.49. The van der Waals surface area contributed by atoms with Crippen LogP contribution in [0.1, 0.15) is 16.2 Å². The first-order valence-electron chi connectivity index (χ1n) is 9.38. The molecule has 2 N–H and O–H groups in total. The van der Waals surface area contributed by atoms with E-state index in [0.717, 1.165) is 27.8 Å². The van der Waals surface area contributed by atoms with E-state index in [9.17, 15) is 9.59 Å². The van der Waals surface area contributed by atoms with Crippen molar-refractivity contribution in [3.05, 3.63) is 81.8 Å². The number of nitrogens with zero attached hydrogens (tertiary/aromatic N) is 1. The number of methoxy groups -OCH3 is 1. The molecule has 3 heterocycles. The highest BCUT2D eigenvalue weighted by molar-refractivity contribution is 7.17. The summed E-state index contributed by atoms with van der Waals surface area (Å²) in [6.45, 7) is 0. The van der Waals surface area contributed by atoms with Crippen LogP contribution in [0.3, 0.4) is 0 Å². The SMILES string of the molecule is COc1ccc(-c2csc3nc(CC(=O)c4c[nH]c5ccccc45)[nH]c(=O)c23)cc1. The number of ether oxygens (including phenoxy) is 1. The van der Waals surface area contributed by atoms with Crippen molar-refractivity contribution in [1.82, 2.24) is 15.0 Å². The molecule has 148 valence electrons. The minimum Gasteiger partial charge on any atom is -0.497 e. The molecule has 0 aliphatic heterocycles. The van der Waals surface area contributed by atoms with Crippen molar-refractivity contribution in [1.29, 1.82) is 0 Å². The predicted octanol–water partition coefficient (Wildman–Crippen LogP) is 4.57. The third-order valence-electron chi connectivity index (χ3n) is 5.11. The lowest BCUT2D eigenvalue weighted by molar-refractivity contribution is 0.0992. The maximum atomic E-state index is 12.8. The van der Waals surface area contributed by atoms with E-state index in [1.54, 1.807) is 13.3 Å². The zero-order valence-electron chi connectivity index (χ0n) is 16.1. The highest BCUT2D eigenvalue weighted by atomic mass is 32.1. The number of H-pyrrole nitrogens is 2. The molecule has 0 atom stereocenters. The fraction of sp³-hybridized carbons (Fsp3) is 0.0870. The Labute approximate surface area is 175 Å². The van der Waals surface area contributed by atoms with Crippen LogP contribution in [0.15, 0.2) is 64.9 Å². The first-order valence-corrected chi connectivity index (χ1v) is 10.3. The zero-order chi connectivity index (χ0) is 20.7. The largest absolute Gasteiger partial charge is 0.497 e. The van der Waals surface area contributed by atoms with Gasteiger partial charge in [-0.3, -0.25) is 9.59 Å². The Hall–Kier alpha value is -3.71. The predicted molar refractivity (Wildman–Crippen MR) is 119 cm³/mol. The smallest absolute Gasteiger partial charge is 0.260 e. The minimum atomic E-state index is -0.242. The van der Waals surface area contributed by atoms with Crippen LogP contribution in [-0.2, 0) is 6.42 Å². The van der Waals surface area contributed by atoms with Crippen molar-refractivity contribution in [3.8, 4) is 16.9 Å². The Morgan fingerprint density at radius 2 is 1.93 bits per heavy atom. The van der Waals surface area contributed by atoms with Crippen molar-refractivity contribution in [2.45, 2.75) is 6.42 Å². The number of nitrogens with one attached hydrogen (secondary N) is 2. The molecule has 0 spiro atoms. The highest BCUT2D eigenvalue weighted by Crippen LogP contribution is 2.31. The van der Waals surface area contributed by atoms with Gasteiger partial charge in [0, 0.05) is 33.6 Å². The van der Waals surface area contributed by atoms with Crippen LogP contribution < -0.4 is 10.3 Å². The molecule has 5 rings (SSSR count). The number of aromatic amines is 2. The van der Waals surface area contributed by atoms with E-state index in [0.29, 0.717) is 21.6 Å². The summed E-state index contributed by atoms with van der Waals surface area (Å²) < 4.78 is 5.20. The lowest BCUT2D eigenvalue weighted by atomic mass is 10.1. The highest BCUT2D eigenvalue weighted by Gasteiger charge is 2.17. The molecule has 0 saturated heterocycles. The van der Waals surface area contributed by atoms with Gasteiger partial charge in [-0.05, 0) is 23.8 Å². The van der Waals surface area contributed by atoms with Crippen molar-refractivity contribution >= 4 is 38.2 Å². The second-order valence-electron chi connectivity index (χ2n) is 6.92. The first-order chi connectivity index (χ1) is 14.6. The van der Waals surface area contributed by atoms with E-state index in [1.807, 2.05) is 53.9 Å². The summed E-state index contributed by atoms with van der Waals surface area (Å²) in [5.41, 5.74) is 2.99. The van der Waals surface area contributed by atoms with E-state index in [1.165, 1.54) is 11.3 Å². The molecule has 0 aliphatic carbocycles. The van der Waals surface area contributed by atoms with Crippen molar-refractivity contribution in [2.24, 2.45) is 0 Å². The van der Waals surface area contributed by atoms with Gasteiger partial charge in [-0.25, -0.2) is 4.98 Å². The van der Waals surface area contributed by atoms with Gasteiger partial charge in [0.25, 0.3) is 5.56 Å². The molecule has 0 saturated carbocycles. The molecule has 7 heteroatoms. The number of carbonyl (C=O) groups excluding carboxylic acids is 1. The fourth-order valence-corrected chi connectivity index (χ4v) is 4.58. The van der Waals surface area contributed by atoms with E-state index < -0.39 is 0 Å². The molecule has 30 heavy (non-hydrogen) atoms. The third kappa shape index (κ3) is 3.09. The number of rotatable bonds is 5. The van der Waals surface area contributed by atoms with Gasteiger partial charge in [0.2, 0.25) is 0 Å². The van der Waals surface area contributed by atoms with Crippen LogP contribution >= 0.6 is 11.3 Å². The summed E-state index contributed by atoms with van der Waals surface area (Å²) in [5.74, 6) is 1.02. The molecule has 0 radical (unpaired) electrons. The average Bonchev–Trinajstić information content (AvgIpc) is 3.38. The van der Waals surface area contributed by atoms with Crippen LogP contribution in [0.25, 0.3) is 32.2 Å². The summed E-state index contributed by atoms with van der Waals surface area (Å²) in [6.07, 6.45) is 1.74. The molecule has 5 aromatic rings. The van der Waals surface area contributed by atoms with Crippen molar-refractivity contribution in [3.63, 3.8) is 0 Å². The van der Waals surface area contributed by atoms with Crippen LogP contribution in [0.4, 0.5) is 0 Å². The Morgan fingerprint density at radius 3 is 2.73 bits per heavy atom. The zero-order valence-corrected chi connectivity index (χ0v) is 16.9. The first kappa shape index (κ1) is 18.3. The summed E-state index contributed by atoms with van der Waals surface area (Å²) in [4.78, 5) is 36.7. The molecule has 0 unspecified atom stereocenters. The monoisotopic (exact) mass is 415 g/mol. The maximum absolute atomic E-state index is 12.8. The van der Waals surface area contributed by atoms with Gasteiger partial charge in [-0.1, -0.05) is 30.3 Å². The lowest BCUT2D eigenvalue weighted by Gasteiger charge is -2.03. The summed E-state index contributed by atoms with van der Waals surface area (Å²) in [5, 5.41) is 3.32. The maximum Gasteiger partial charge on any atom is 0.260 e. The molecule has 0 amide bonds. The molecule has 2 aromatic carbocycles. The number of Topliss-reactive ketones (excluding diaryl/α,β-unsaturated/α-hetero) is 1. The lowest BCUT2D eigenvalue weighted by Crippen LogP contribution is -2.14.